The first-order chi connectivity index (χ1) is 4.58. The van der Waals surface area contributed by atoms with Crippen molar-refractivity contribution < 1.29 is 5.11 Å². The van der Waals surface area contributed by atoms with Gasteiger partial charge in [-0.15, -0.1) is 0 Å². The summed E-state index contributed by atoms with van der Waals surface area (Å²) in [5, 5.41) is 12.6. The van der Waals surface area contributed by atoms with Crippen LogP contribution in [0.5, 0.6) is 0 Å². The molecule has 0 bridgehead atoms. The molecule has 0 amide bonds. The molecule has 0 unspecified atom stereocenters. The Morgan fingerprint density at radius 2 is 2.30 bits per heavy atom. The molecule has 0 spiro atoms. The zero-order valence-electron chi connectivity index (χ0n) is 6.72. The lowest BCUT2D eigenvalue weighted by atomic mass is 10.1. The van der Waals surface area contributed by atoms with Gasteiger partial charge in [-0.1, -0.05) is 0 Å². The maximum atomic E-state index is 9.41. The van der Waals surface area contributed by atoms with E-state index in [9.17, 15) is 5.11 Å². The van der Waals surface area contributed by atoms with Crippen molar-refractivity contribution in [1.29, 1.82) is 0 Å². The van der Waals surface area contributed by atoms with Gasteiger partial charge >= 0.3 is 0 Å². The predicted molar refractivity (Wildman–Crippen MR) is 40.7 cm³/mol. The fourth-order valence-corrected chi connectivity index (χ4v) is 1.24. The van der Waals surface area contributed by atoms with Gasteiger partial charge in [-0.05, 0) is 13.8 Å². The Bertz CT molecular complexity index is 103. The van der Waals surface area contributed by atoms with Crippen LogP contribution in [0, 0.1) is 0 Å². The molecule has 0 radical (unpaired) electrons. The van der Waals surface area contributed by atoms with Crippen LogP contribution < -0.4 is 5.32 Å². The van der Waals surface area contributed by atoms with Crippen LogP contribution in [-0.4, -0.2) is 41.9 Å². The first-order valence-electron chi connectivity index (χ1n) is 3.73. The summed E-state index contributed by atoms with van der Waals surface area (Å²) < 4.78 is 0. The number of aliphatic hydroxyl groups is 1. The molecule has 1 heterocycles. The highest BCUT2D eigenvalue weighted by Gasteiger charge is 2.19. The lowest BCUT2D eigenvalue weighted by molar-refractivity contribution is 0.0436. The van der Waals surface area contributed by atoms with E-state index in [1.807, 2.05) is 13.8 Å². The highest BCUT2D eigenvalue weighted by atomic mass is 16.3. The Hall–Kier alpha value is -0.120. The topological polar surface area (TPSA) is 35.5 Å². The standard InChI is InChI=1S/C7H16N2O/c1-7(2,10)5-9-4-3-8-6-9/h8,10H,3-6H2,1-2H3. The normalized spacial score (nSPS) is 21.9. The van der Waals surface area contributed by atoms with Crippen LogP contribution in [0.1, 0.15) is 13.8 Å². The van der Waals surface area contributed by atoms with Crippen LogP contribution in [0.2, 0.25) is 0 Å². The molecule has 0 saturated carbocycles. The van der Waals surface area contributed by atoms with Gasteiger partial charge in [0.1, 0.15) is 0 Å². The Morgan fingerprint density at radius 1 is 1.60 bits per heavy atom. The van der Waals surface area contributed by atoms with Gasteiger partial charge in [0.25, 0.3) is 0 Å². The molecular formula is C7H16N2O. The second kappa shape index (κ2) is 2.86. The predicted octanol–water partition coefficient (Wildman–Crippen LogP) is -0.380. The molecular weight excluding hydrogens is 128 g/mol. The number of rotatable bonds is 2. The molecule has 3 nitrogen and oxygen atoms in total. The zero-order chi connectivity index (χ0) is 7.61. The molecule has 60 valence electrons. The maximum Gasteiger partial charge on any atom is 0.0718 e. The summed E-state index contributed by atoms with van der Waals surface area (Å²) in [5.74, 6) is 0. The number of nitrogens with one attached hydrogen (secondary N) is 1. The second-order valence-corrected chi connectivity index (χ2v) is 3.52. The van der Waals surface area contributed by atoms with Crippen molar-refractivity contribution in [2.45, 2.75) is 19.4 Å². The van der Waals surface area contributed by atoms with Gasteiger partial charge in [-0.25, -0.2) is 0 Å². The van der Waals surface area contributed by atoms with Crippen LogP contribution >= 0.6 is 0 Å². The smallest absolute Gasteiger partial charge is 0.0718 e. The van der Waals surface area contributed by atoms with Gasteiger partial charge in [0.05, 0.1) is 5.60 Å². The van der Waals surface area contributed by atoms with E-state index in [0.29, 0.717) is 0 Å². The van der Waals surface area contributed by atoms with E-state index in [1.165, 1.54) is 0 Å². The molecule has 2 N–H and O–H groups in total. The average molecular weight is 144 g/mol. The van der Waals surface area contributed by atoms with Crippen molar-refractivity contribution in [2.24, 2.45) is 0 Å². The number of β-amino-alcohol motifs (C(OH)–C–C–N with tert-alkyl or cyclic N) is 1. The fourth-order valence-electron chi connectivity index (χ4n) is 1.24. The summed E-state index contributed by atoms with van der Waals surface area (Å²) in [5.41, 5.74) is -0.550. The average Bonchev–Trinajstić information content (AvgIpc) is 2.12. The van der Waals surface area contributed by atoms with Crippen LogP contribution in [0.25, 0.3) is 0 Å². The van der Waals surface area contributed by atoms with Crippen molar-refractivity contribution in [3.63, 3.8) is 0 Å². The van der Waals surface area contributed by atoms with E-state index in [4.69, 9.17) is 0 Å². The minimum atomic E-state index is -0.550. The number of hydrogen-bond donors (Lipinski definition) is 2. The van der Waals surface area contributed by atoms with Gasteiger partial charge in [0.15, 0.2) is 0 Å². The summed E-state index contributed by atoms with van der Waals surface area (Å²) >= 11 is 0. The third-order valence-corrected chi connectivity index (χ3v) is 1.55. The zero-order valence-corrected chi connectivity index (χ0v) is 6.72. The van der Waals surface area contributed by atoms with Crippen molar-refractivity contribution in [1.82, 2.24) is 10.2 Å². The minimum absolute atomic E-state index is 0.550. The van der Waals surface area contributed by atoms with Gasteiger partial charge < -0.3 is 10.4 Å². The molecule has 0 aromatic rings. The van der Waals surface area contributed by atoms with Gasteiger partial charge in [-0.3, -0.25) is 4.90 Å². The van der Waals surface area contributed by atoms with Gasteiger partial charge in [0.2, 0.25) is 0 Å². The number of hydrogen-bond acceptors (Lipinski definition) is 3. The first kappa shape index (κ1) is 7.98. The van der Waals surface area contributed by atoms with E-state index >= 15 is 0 Å². The first-order valence-corrected chi connectivity index (χ1v) is 3.73. The quantitative estimate of drug-likeness (QED) is 0.554. The molecule has 10 heavy (non-hydrogen) atoms. The summed E-state index contributed by atoms with van der Waals surface area (Å²) in [6, 6.07) is 0. The highest BCUT2D eigenvalue weighted by molar-refractivity contribution is 4.75. The summed E-state index contributed by atoms with van der Waals surface area (Å²) in [4.78, 5) is 2.21. The van der Waals surface area contributed by atoms with E-state index in [0.717, 1.165) is 26.3 Å². The third-order valence-electron chi connectivity index (χ3n) is 1.55. The van der Waals surface area contributed by atoms with Crippen LogP contribution in [-0.2, 0) is 0 Å². The SMILES string of the molecule is CC(C)(O)CN1CCNC1. The molecule has 1 rings (SSSR count). The van der Waals surface area contributed by atoms with Crippen LogP contribution in [0.4, 0.5) is 0 Å². The van der Waals surface area contributed by atoms with Gasteiger partial charge in [0, 0.05) is 26.3 Å². The van der Waals surface area contributed by atoms with E-state index in [-0.39, 0.29) is 0 Å². The molecule has 0 aromatic heterocycles. The van der Waals surface area contributed by atoms with Crippen molar-refractivity contribution in [2.75, 3.05) is 26.3 Å². The molecule has 1 fully saturated rings. The Kier molecular flexibility index (Phi) is 2.28. The molecule has 0 aliphatic carbocycles. The molecule has 3 heteroatoms. The highest BCUT2D eigenvalue weighted by Crippen LogP contribution is 2.04. The van der Waals surface area contributed by atoms with E-state index in [1.54, 1.807) is 0 Å². The molecule has 0 atom stereocenters. The van der Waals surface area contributed by atoms with Crippen molar-refractivity contribution in [3.8, 4) is 0 Å². The second-order valence-electron chi connectivity index (χ2n) is 3.52. The summed E-state index contributed by atoms with van der Waals surface area (Å²) in [6.07, 6.45) is 0. The molecule has 0 aromatic carbocycles. The lowest BCUT2D eigenvalue weighted by Gasteiger charge is -2.23. The van der Waals surface area contributed by atoms with Crippen molar-refractivity contribution >= 4 is 0 Å². The van der Waals surface area contributed by atoms with Crippen molar-refractivity contribution in [3.05, 3.63) is 0 Å². The minimum Gasteiger partial charge on any atom is -0.389 e. The molecule has 1 saturated heterocycles. The largest absolute Gasteiger partial charge is 0.389 e. The van der Waals surface area contributed by atoms with Crippen LogP contribution in [0.3, 0.4) is 0 Å². The number of nitrogens with zero attached hydrogens (tertiary/aromatic N) is 1. The summed E-state index contributed by atoms with van der Waals surface area (Å²) in [7, 11) is 0. The van der Waals surface area contributed by atoms with E-state index in [2.05, 4.69) is 10.2 Å². The molecule has 1 aliphatic rings. The third kappa shape index (κ3) is 2.64. The summed E-state index contributed by atoms with van der Waals surface area (Å²) in [6.45, 7) is 7.47. The molecule has 1 aliphatic heterocycles. The monoisotopic (exact) mass is 144 g/mol. The Morgan fingerprint density at radius 3 is 2.70 bits per heavy atom. The Labute approximate surface area is 62.0 Å². The fraction of sp³-hybridized carbons (Fsp3) is 1.00. The lowest BCUT2D eigenvalue weighted by Crippen LogP contribution is -2.37. The van der Waals surface area contributed by atoms with Gasteiger partial charge in [-0.2, -0.15) is 0 Å². The maximum absolute atomic E-state index is 9.41. The van der Waals surface area contributed by atoms with Crippen LogP contribution in [0.15, 0.2) is 0 Å². The Balaban J connectivity index is 2.24. The van der Waals surface area contributed by atoms with E-state index < -0.39 is 5.60 Å².